The SMILES string of the molecule is O=C(Nc1ncnc2c1ncn2[C@@H]1O[C@H](CO)[C@@H](O)C1F)c1ccccc1. The molecule has 1 aliphatic rings. The highest BCUT2D eigenvalue weighted by atomic mass is 19.1. The molecule has 0 saturated carbocycles. The van der Waals surface area contributed by atoms with Crippen molar-refractivity contribution in [3.63, 3.8) is 0 Å². The summed E-state index contributed by atoms with van der Waals surface area (Å²) in [4.78, 5) is 24.6. The summed E-state index contributed by atoms with van der Waals surface area (Å²) in [5, 5.41) is 21.7. The molecule has 0 aliphatic carbocycles. The summed E-state index contributed by atoms with van der Waals surface area (Å²) >= 11 is 0. The van der Waals surface area contributed by atoms with Crippen LogP contribution in [0.3, 0.4) is 0 Å². The van der Waals surface area contributed by atoms with Gasteiger partial charge in [-0.1, -0.05) is 18.2 Å². The van der Waals surface area contributed by atoms with Crippen molar-refractivity contribution in [3.8, 4) is 0 Å². The van der Waals surface area contributed by atoms with Crippen molar-refractivity contribution in [3.05, 3.63) is 48.5 Å². The fraction of sp³-hybridized carbons (Fsp3) is 0.294. The molecular weight excluding hydrogens is 357 g/mol. The van der Waals surface area contributed by atoms with Crippen LogP contribution < -0.4 is 5.32 Å². The predicted molar refractivity (Wildman–Crippen MR) is 91.6 cm³/mol. The Labute approximate surface area is 152 Å². The predicted octanol–water partition coefficient (Wildman–Crippen LogP) is 0.667. The van der Waals surface area contributed by atoms with Crippen molar-refractivity contribution in [1.82, 2.24) is 19.5 Å². The van der Waals surface area contributed by atoms with Crippen LogP contribution in [0.5, 0.6) is 0 Å². The molecule has 1 saturated heterocycles. The van der Waals surface area contributed by atoms with Crippen LogP contribution >= 0.6 is 0 Å². The first-order valence-corrected chi connectivity index (χ1v) is 8.22. The van der Waals surface area contributed by atoms with Crippen LogP contribution in [0.1, 0.15) is 16.6 Å². The van der Waals surface area contributed by atoms with E-state index in [1.54, 1.807) is 30.3 Å². The number of rotatable bonds is 4. The summed E-state index contributed by atoms with van der Waals surface area (Å²) in [5.41, 5.74) is 0.923. The van der Waals surface area contributed by atoms with Gasteiger partial charge in [0.2, 0.25) is 0 Å². The van der Waals surface area contributed by atoms with Gasteiger partial charge in [0, 0.05) is 5.56 Å². The highest BCUT2D eigenvalue weighted by Gasteiger charge is 2.45. The van der Waals surface area contributed by atoms with Crippen molar-refractivity contribution >= 4 is 22.9 Å². The van der Waals surface area contributed by atoms with Gasteiger partial charge in [-0.3, -0.25) is 9.36 Å². The number of amides is 1. The van der Waals surface area contributed by atoms with E-state index in [0.29, 0.717) is 5.56 Å². The van der Waals surface area contributed by atoms with E-state index in [2.05, 4.69) is 20.3 Å². The number of aliphatic hydroxyl groups is 2. The van der Waals surface area contributed by atoms with Gasteiger partial charge in [0.1, 0.15) is 18.5 Å². The molecule has 27 heavy (non-hydrogen) atoms. The summed E-state index contributed by atoms with van der Waals surface area (Å²) in [6, 6.07) is 8.58. The van der Waals surface area contributed by atoms with E-state index in [4.69, 9.17) is 4.74 Å². The molecule has 3 N–H and O–H groups in total. The Morgan fingerprint density at radius 2 is 2.04 bits per heavy atom. The Morgan fingerprint density at radius 3 is 2.74 bits per heavy atom. The van der Waals surface area contributed by atoms with Crippen LogP contribution in [0.25, 0.3) is 11.2 Å². The smallest absolute Gasteiger partial charge is 0.256 e. The van der Waals surface area contributed by atoms with Crippen LogP contribution in [0, 0.1) is 0 Å². The lowest BCUT2D eigenvalue weighted by molar-refractivity contribution is -0.0459. The number of carbonyl (C=O) groups excluding carboxylic acids is 1. The lowest BCUT2D eigenvalue weighted by atomic mass is 10.1. The Hall–Kier alpha value is -2.95. The summed E-state index contributed by atoms with van der Waals surface area (Å²) in [6.45, 7) is -0.516. The third-order valence-electron chi connectivity index (χ3n) is 4.37. The topological polar surface area (TPSA) is 122 Å². The third kappa shape index (κ3) is 3.03. The number of benzene rings is 1. The molecule has 2 aromatic heterocycles. The number of hydrogen-bond donors (Lipinski definition) is 3. The minimum absolute atomic E-state index is 0.167. The first-order chi connectivity index (χ1) is 13.1. The van der Waals surface area contributed by atoms with E-state index in [-0.39, 0.29) is 22.9 Å². The molecule has 1 fully saturated rings. The molecule has 0 bridgehead atoms. The molecule has 0 spiro atoms. The molecule has 1 aliphatic heterocycles. The zero-order valence-corrected chi connectivity index (χ0v) is 13.9. The van der Waals surface area contributed by atoms with Crippen molar-refractivity contribution in [2.24, 2.45) is 0 Å². The summed E-state index contributed by atoms with van der Waals surface area (Å²) < 4.78 is 21.1. The number of alkyl halides is 1. The first kappa shape index (κ1) is 17.5. The quantitative estimate of drug-likeness (QED) is 0.614. The molecule has 4 atom stereocenters. The normalized spacial score (nSPS) is 25.0. The Morgan fingerprint density at radius 1 is 1.26 bits per heavy atom. The number of fused-ring (bicyclic) bond motifs is 1. The van der Waals surface area contributed by atoms with Crippen LogP contribution in [0.2, 0.25) is 0 Å². The molecule has 9 nitrogen and oxygen atoms in total. The average molecular weight is 373 g/mol. The van der Waals surface area contributed by atoms with Gasteiger partial charge in [0.05, 0.1) is 12.9 Å². The third-order valence-corrected chi connectivity index (χ3v) is 4.37. The molecule has 1 amide bonds. The lowest BCUT2D eigenvalue weighted by Crippen LogP contribution is -2.30. The number of halogens is 1. The number of aliphatic hydroxyl groups excluding tert-OH is 2. The van der Waals surface area contributed by atoms with Crippen LogP contribution in [0.15, 0.2) is 43.0 Å². The molecule has 10 heteroatoms. The Kier molecular flexibility index (Phi) is 4.52. The molecule has 3 heterocycles. The van der Waals surface area contributed by atoms with Gasteiger partial charge in [-0.2, -0.15) is 0 Å². The van der Waals surface area contributed by atoms with E-state index in [0.717, 1.165) is 0 Å². The monoisotopic (exact) mass is 373 g/mol. The maximum absolute atomic E-state index is 14.4. The number of carbonyl (C=O) groups is 1. The number of hydrogen-bond acceptors (Lipinski definition) is 7. The number of anilines is 1. The number of nitrogens with zero attached hydrogens (tertiary/aromatic N) is 4. The Bertz CT molecular complexity index is 966. The molecule has 0 radical (unpaired) electrons. The number of imidazole rings is 1. The maximum Gasteiger partial charge on any atom is 0.256 e. The highest BCUT2D eigenvalue weighted by molar-refractivity contribution is 6.06. The van der Waals surface area contributed by atoms with Gasteiger partial charge in [0.15, 0.2) is 29.4 Å². The van der Waals surface area contributed by atoms with Crippen molar-refractivity contribution in [1.29, 1.82) is 0 Å². The van der Waals surface area contributed by atoms with Crippen LogP contribution in [-0.4, -0.2) is 60.6 Å². The van der Waals surface area contributed by atoms with Crippen molar-refractivity contribution in [2.75, 3.05) is 11.9 Å². The lowest BCUT2D eigenvalue weighted by Gasteiger charge is -2.15. The molecular formula is C17H16FN5O4. The summed E-state index contributed by atoms with van der Waals surface area (Å²) in [7, 11) is 0. The largest absolute Gasteiger partial charge is 0.394 e. The maximum atomic E-state index is 14.4. The van der Waals surface area contributed by atoms with Gasteiger partial charge < -0.3 is 20.3 Å². The number of nitrogens with one attached hydrogen (secondary N) is 1. The fourth-order valence-corrected chi connectivity index (χ4v) is 2.98. The highest BCUT2D eigenvalue weighted by Crippen LogP contribution is 2.34. The zero-order valence-electron chi connectivity index (χ0n) is 13.9. The zero-order chi connectivity index (χ0) is 19.0. The fourth-order valence-electron chi connectivity index (χ4n) is 2.98. The van der Waals surface area contributed by atoms with E-state index in [9.17, 15) is 19.4 Å². The second-order valence-corrected chi connectivity index (χ2v) is 6.05. The van der Waals surface area contributed by atoms with E-state index in [1.165, 1.54) is 17.2 Å². The summed E-state index contributed by atoms with van der Waals surface area (Å²) in [5.74, 6) is -0.207. The van der Waals surface area contributed by atoms with E-state index >= 15 is 0 Å². The first-order valence-electron chi connectivity index (χ1n) is 8.22. The second-order valence-electron chi connectivity index (χ2n) is 6.05. The number of ether oxygens (including phenoxy) is 1. The Balaban J connectivity index is 1.65. The minimum Gasteiger partial charge on any atom is -0.394 e. The van der Waals surface area contributed by atoms with Gasteiger partial charge in [-0.25, -0.2) is 19.3 Å². The molecule has 140 valence electrons. The summed E-state index contributed by atoms with van der Waals surface area (Å²) in [6.07, 6.45) is -2.96. The van der Waals surface area contributed by atoms with E-state index < -0.39 is 31.2 Å². The van der Waals surface area contributed by atoms with Crippen molar-refractivity contribution in [2.45, 2.75) is 24.6 Å². The number of aromatic nitrogens is 4. The molecule has 3 aromatic rings. The van der Waals surface area contributed by atoms with Gasteiger partial charge in [0.25, 0.3) is 5.91 Å². The minimum atomic E-state index is -1.77. The van der Waals surface area contributed by atoms with Gasteiger partial charge in [-0.05, 0) is 12.1 Å². The van der Waals surface area contributed by atoms with Crippen molar-refractivity contribution < 1.29 is 24.1 Å². The molecule has 4 rings (SSSR count). The van der Waals surface area contributed by atoms with E-state index in [1.807, 2.05) is 0 Å². The van der Waals surface area contributed by atoms with Crippen LogP contribution in [0.4, 0.5) is 10.2 Å². The van der Waals surface area contributed by atoms with Gasteiger partial charge in [-0.15, -0.1) is 0 Å². The average Bonchev–Trinajstić information content (AvgIpc) is 3.25. The molecule has 1 aromatic carbocycles. The molecule has 1 unspecified atom stereocenters. The second kappa shape index (κ2) is 6.99. The van der Waals surface area contributed by atoms with Gasteiger partial charge >= 0.3 is 0 Å². The standard InChI is InChI=1S/C17H16FN5O4/c18-11-13(25)10(6-24)27-17(11)23-8-21-12-14(19-7-20-15(12)23)22-16(26)9-4-2-1-3-5-9/h1-5,7-8,10-11,13,17,24-25H,6H2,(H,19,20,22,26)/t10-,11?,13-,17-/m1/s1. The van der Waals surface area contributed by atoms with Crippen LogP contribution in [-0.2, 0) is 4.74 Å².